The molecule has 9 heteroatoms. The molecule has 188 valence electrons. The summed E-state index contributed by atoms with van der Waals surface area (Å²) in [5, 5.41) is 43.2. The molecule has 0 aliphatic rings. The van der Waals surface area contributed by atoms with Gasteiger partial charge in [0.25, 0.3) is 11.9 Å². The molecule has 6 unspecified atom stereocenters. The number of methoxy groups -OCH3 is 4. The smallest absolute Gasteiger partial charge is 0.294 e. The molecule has 0 spiro atoms. The number of rotatable bonds is 18. The zero-order valence-corrected chi connectivity index (χ0v) is 20.5. The molecule has 0 saturated carbocycles. The summed E-state index contributed by atoms with van der Waals surface area (Å²) in [4.78, 5) is 0. The lowest BCUT2D eigenvalue weighted by molar-refractivity contribution is -0.527. The van der Waals surface area contributed by atoms with Crippen molar-refractivity contribution in [1.82, 2.24) is 0 Å². The zero-order valence-electron chi connectivity index (χ0n) is 20.5. The maximum absolute atomic E-state index is 10.9. The normalized spacial score (nSPS) is 19.0. The quantitative estimate of drug-likeness (QED) is 0.230. The summed E-state index contributed by atoms with van der Waals surface area (Å²) >= 11 is 0. The maximum Gasteiger partial charge on any atom is 0.294 e. The third-order valence-corrected chi connectivity index (χ3v) is 5.90. The van der Waals surface area contributed by atoms with Crippen LogP contribution in [-0.4, -0.2) is 85.2 Å². The van der Waals surface area contributed by atoms with E-state index in [9.17, 15) is 20.4 Å². The van der Waals surface area contributed by atoms with E-state index < -0.39 is 48.2 Å². The molecular formula is C22H46O9. The highest BCUT2D eigenvalue weighted by Gasteiger charge is 2.58. The molecule has 0 aromatic heterocycles. The van der Waals surface area contributed by atoms with Gasteiger partial charge in [-0.05, 0) is 25.7 Å². The summed E-state index contributed by atoms with van der Waals surface area (Å²) in [5.74, 6) is -6.04. The molecular weight excluding hydrogens is 408 g/mol. The van der Waals surface area contributed by atoms with Gasteiger partial charge in [-0.2, -0.15) is 0 Å². The topological polar surface area (TPSA) is 127 Å². The van der Waals surface area contributed by atoms with Crippen molar-refractivity contribution in [2.45, 2.75) is 103 Å². The number of hydrogen-bond acceptors (Lipinski definition) is 9. The number of ether oxygens (including phenoxy) is 5. The molecule has 0 aliphatic carbocycles. The molecule has 0 radical (unpaired) electrons. The predicted molar refractivity (Wildman–Crippen MR) is 116 cm³/mol. The third kappa shape index (κ3) is 7.31. The molecule has 0 fully saturated rings. The van der Waals surface area contributed by atoms with E-state index in [2.05, 4.69) is 0 Å². The fraction of sp³-hybridized carbons (Fsp3) is 1.00. The van der Waals surface area contributed by atoms with E-state index in [1.165, 1.54) is 28.4 Å². The monoisotopic (exact) mass is 454 g/mol. The number of hydrogen-bond donors (Lipinski definition) is 4. The summed E-state index contributed by atoms with van der Waals surface area (Å²) in [6.07, 6.45) is -1.48. The Balaban J connectivity index is 6.57. The lowest BCUT2D eigenvalue weighted by atomic mass is 9.87. The van der Waals surface area contributed by atoms with Gasteiger partial charge in [-0.25, -0.2) is 0 Å². The van der Waals surface area contributed by atoms with Gasteiger partial charge >= 0.3 is 0 Å². The maximum atomic E-state index is 10.9. The van der Waals surface area contributed by atoms with Crippen molar-refractivity contribution < 1.29 is 44.1 Å². The molecule has 0 aliphatic heterocycles. The molecule has 0 bridgehead atoms. The van der Waals surface area contributed by atoms with Crippen LogP contribution in [0.15, 0.2) is 0 Å². The predicted octanol–water partition coefficient (Wildman–Crippen LogP) is 1.99. The van der Waals surface area contributed by atoms with Crippen LogP contribution in [0.2, 0.25) is 0 Å². The number of aliphatic hydroxyl groups excluding tert-OH is 4. The Morgan fingerprint density at radius 2 is 0.839 bits per heavy atom. The first-order valence-corrected chi connectivity index (χ1v) is 11.3. The van der Waals surface area contributed by atoms with Gasteiger partial charge in [-0.15, -0.1) is 0 Å². The molecule has 0 amide bonds. The summed E-state index contributed by atoms with van der Waals surface area (Å²) in [6, 6.07) is 0. The molecule has 4 N–H and O–H groups in total. The Morgan fingerprint density at radius 3 is 1.03 bits per heavy atom. The van der Waals surface area contributed by atoms with Gasteiger partial charge in [0.2, 0.25) is 0 Å². The first kappa shape index (κ1) is 30.6. The van der Waals surface area contributed by atoms with Crippen LogP contribution in [0.1, 0.15) is 66.2 Å². The van der Waals surface area contributed by atoms with Crippen molar-refractivity contribution in [1.29, 1.82) is 0 Å². The van der Waals surface area contributed by atoms with Crippen LogP contribution in [0.5, 0.6) is 0 Å². The van der Waals surface area contributed by atoms with Crippen LogP contribution in [0.3, 0.4) is 0 Å². The van der Waals surface area contributed by atoms with Gasteiger partial charge in [-0.1, -0.05) is 40.5 Å². The second-order valence-corrected chi connectivity index (χ2v) is 7.84. The highest BCUT2D eigenvalue weighted by Crippen LogP contribution is 2.42. The Labute approximate surface area is 187 Å². The molecule has 0 aromatic carbocycles. The molecule has 0 heterocycles. The molecule has 6 atom stereocenters. The molecule has 0 aromatic rings. The second kappa shape index (κ2) is 14.7. The Kier molecular flexibility index (Phi) is 14.5. The minimum absolute atomic E-state index is 0.301. The Hall–Kier alpha value is -0.360. The van der Waals surface area contributed by atoms with Gasteiger partial charge < -0.3 is 39.4 Å². The van der Waals surface area contributed by atoms with E-state index in [1.54, 1.807) is 13.8 Å². The van der Waals surface area contributed by atoms with Gasteiger partial charge in [0, 0.05) is 28.4 Å². The Morgan fingerprint density at radius 1 is 0.548 bits per heavy atom. The van der Waals surface area contributed by atoms with Crippen LogP contribution in [0.25, 0.3) is 0 Å². The summed E-state index contributed by atoms with van der Waals surface area (Å²) in [7, 11) is 5.28. The highest BCUT2D eigenvalue weighted by atomic mass is 17.0. The SMILES string of the molecule is CCCC(O)C(C(O)CC)C(OC)(OC)OC(OC)(OC)C(C(O)CC)C(O)CCC. The first-order chi connectivity index (χ1) is 14.6. The van der Waals surface area contributed by atoms with E-state index in [1.807, 2.05) is 13.8 Å². The van der Waals surface area contributed by atoms with Crippen molar-refractivity contribution in [3.63, 3.8) is 0 Å². The van der Waals surface area contributed by atoms with Crippen LogP contribution in [0.4, 0.5) is 0 Å². The van der Waals surface area contributed by atoms with Gasteiger partial charge in [-0.3, -0.25) is 4.74 Å². The van der Waals surface area contributed by atoms with E-state index in [-0.39, 0.29) is 0 Å². The van der Waals surface area contributed by atoms with Crippen molar-refractivity contribution >= 4 is 0 Å². The molecule has 0 saturated heterocycles. The molecule has 31 heavy (non-hydrogen) atoms. The van der Waals surface area contributed by atoms with Crippen molar-refractivity contribution in [3.8, 4) is 0 Å². The standard InChI is InChI=1S/C22H46O9/c1-9-13-17(25)19(15(23)11-3)21(27-5,28-6)31-22(29-7,30-8)20(16(24)12-4)18(26)14-10-2/h15-20,23-26H,9-14H2,1-8H3. The van der Waals surface area contributed by atoms with E-state index in [0.29, 0.717) is 38.5 Å². The van der Waals surface area contributed by atoms with Gasteiger partial charge in [0.05, 0.1) is 36.3 Å². The second-order valence-electron chi connectivity index (χ2n) is 7.84. The minimum atomic E-state index is -1.99. The van der Waals surface area contributed by atoms with E-state index >= 15 is 0 Å². The third-order valence-electron chi connectivity index (χ3n) is 5.90. The Bertz CT molecular complexity index is 414. The van der Waals surface area contributed by atoms with Gasteiger partial charge in [0.15, 0.2) is 0 Å². The highest BCUT2D eigenvalue weighted by molar-refractivity contribution is 4.89. The van der Waals surface area contributed by atoms with E-state index in [4.69, 9.17) is 23.7 Å². The van der Waals surface area contributed by atoms with E-state index in [0.717, 1.165) is 0 Å². The lowest BCUT2D eigenvalue weighted by Gasteiger charge is -2.49. The molecule has 9 nitrogen and oxygen atoms in total. The molecule has 0 rings (SSSR count). The van der Waals surface area contributed by atoms with Crippen LogP contribution in [0, 0.1) is 11.8 Å². The van der Waals surface area contributed by atoms with Crippen molar-refractivity contribution in [3.05, 3.63) is 0 Å². The van der Waals surface area contributed by atoms with Crippen LogP contribution < -0.4 is 0 Å². The van der Waals surface area contributed by atoms with Crippen molar-refractivity contribution in [2.24, 2.45) is 11.8 Å². The van der Waals surface area contributed by atoms with Crippen molar-refractivity contribution in [2.75, 3.05) is 28.4 Å². The lowest BCUT2D eigenvalue weighted by Crippen LogP contribution is -2.64. The average molecular weight is 455 g/mol. The fourth-order valence-electron chi connectivity index (χ4n) is 4.13. The first-order valence-electron chi connectivity index (χ1n) is 11.3. The largest absolute Gasteiger partial charge is 0.392 e. The zero-order chi connectivity index (χ0) is 24.2. The summed E-state index contributed by atoms with van der Waals surface area (Å²) in [6.45, 7) is 7.34. The average Bonchev–Trinajstić information content (AvgIpc) is 2.77. The minimum Gasteiger partial charge on any atom is -0.392 e. The van der Waals surface area contributed by atoms with Gasteiger partial charge in [0.1, 0.15) is 0 Å². The summed E-state index contributed by atoms with van der Waals surface area (Å²) in [5.41, 5.74) is 0. The van der Waals surface area contributed by atoms with Crippen LogP contribution >= 0.6 is 0 Å². The van der Waals surface area contributed by atoms with Crippen LogP contribution in [-0.2, 0) is 23.7 Å². The number of aliphatic hydroxyl groups is 4. The fourth-order valence-corrected chi connectivity index (χ4v) is 4.13. The summed E-state index contributed by atoms with van der Waals surface area (Å²) < 4.78 is 28.7.